The van der Waals surface area contributed by atoms with Crippen LogP contribution < -0.4 is 5.32 Å². The third-order valence-corrected chi connectivity index (χ3v) is 13.5. The second kappa shape index (κ2) is 58.1. The number of hydrogen-bond donors (Lipinski definition) is 3. The van der Waals surface area contributed by atoms with Crippen molar-refractivity contribution in [2.24, 2.45) is 0 Å². The van der Waals surface area contributed by atoms with E-state index in [1.807, 2.05) is 6.08 Å². The number of nitrogens with one attached hydrogen (secondary N) is 1. The monoisotopic (exact) mass is 966 g/mol. The van der Waals surface area contributed by atoms with Gasteiger partial charge in [0.1, 0.15) is 0 Å². The maximum atomic E-state index is 12.5. The second-order valence-electron chi connectivity index (χ2n) is 20.3. The Morgan fingerprint density at radius 3 is 1.13 bits per heavy atom. The van der Waals surface area contributed by atoms with Crippen LogP contribution in [0.4, 0.5) is 0 Å². The number of carbonyl (C=O) groups excluding carboxylic acids is 2. The van der Waals surface area contributed by atoms with Gasteiger partial charge in [0.25, 0.3) is 0 Å². The van der Waals surface area contributed by atoms with Crippen LogP contribution in [0.25, 0.3) is 0 Å². The van der Waals surface area contributed by atoms with Crippen LogP contribution in [0.15, 0.2) is 60.8 Å². The molecule has 0 aromatic heterocycles. The van der Waals surface area contributed by atoms with Gasteiger partial charge in [-0.05, 0) is 83.5 Å². The average Bonchev–Trinajstić information content (AvgIpc) is 3.35. The van der Waals surface area contributed by atoms with Gasteiger partial charge in [0.05, 0.1) is 25.4 Å². The van der Waals surface area contributed by atoms with Gasteiger partial charge in [0.15, 0.2) is 0 Å². The molecule has 0 heterocycles. The summed E-state index contributed by atoms with van der Waals surface area (Å²) in [5, 5.41) is 23.1. The highest BCUT2D eigenvalue weighted by atomic mass is 16.5. The summed E-state index contributed by atoms with van der Waals surface area (Å²) in [6.07, 6.45) is 75.5. The van der Waals surface area contributed by atoms with Gasteiger partial charge in [-0.2, -0.15) is 0 Å². The first-order valence-electron chi connectivity index (χ1n) is 30.1. The molecule has 0 radical (unpaired) electrons. The Hall–Kier alpha value is -2.44. The molecule has 1 amide bonds. The fraction of sp³-hybridized carbons (Fsp3) is 0.810. The van der Waals surface area contributed by atoms with E-state index in [2.05, 4.69) is 67.8 Å². The van der Waals surface area contributed by atoms with Gasteiger partial charge < -0.3 is 20.3 Å². The normalized spacial score (nSPS) is 13.0. The molecule has 2 unspecified atom stereocenters. The lowest BCUT2D eigenvalue weighted by Gasteiger charge is -2.20. The number of ether oxygens (including phenoxy) is 1. The molecule has 0 aromatic rings. The Bertz CT molecular complexity index is 1210. The van der Waals surface area contributed by atoms with Crippen molar-refractivity contribution in [3.8, 4) is 0 Å². The molecule has 0 aliphatic heterocycles. The SMILES string of the molecule is CCCCC/C=C\C/C=C\CCCCCCCCCC(=O)OCC/C=C\C/C=C\CCCCCCCCCCCCCCCCC(=O)NC(CO)C(O)/C=C/CCCCCCCCCCCCCC. The minimum Gasteiger partial charge on any atom is -0.465 e. The van der Waals surface area contributed by atoms with E-state index in [9.17, 15) is 19.8 Å². The minimum atomic E-state index is -0.849. The molecule has 0 aliphatic carbocycles. The van der Waals surface area contributed by atoms with Crippen LogP contribution >= 0.6 is 0 Å². The zero-order valence-electron chi connectivity index (χ0n) is 45.8. The molecule has 0 bridgehead atoms. The van der Waals surface area contributed by atoms with Gasteiger partial charge in [-0.3, -0.25) is 9.59 Å². The van der Waals surface area contributed by atoms with Gasteiger partial charge in [-0.1, -0.05) is 267 Å². The first kappa shape index (κ1) is 66.6. The molecule has 402 valence electrons. The maximum Gasteiger partial charge on any atom is 0.305 e. The number of rotatable bonds is 55. The molecular formula is C63H115NO5. The number of aliphatic hydroxyl groups is 2. The molecule has 0 aliphatic rings. The quantitative estimate of drug-likeness (QED) is 0.0321. The number of amides is 1. The van der Waals surface area contributed by atoms with E-state index in [0.717, 1.165) is 57.8 Å². The van der Waals surface area contributed by atoms with E-state index in [4.69, 9.17) is 4.74 Å². The molecule has 69 heavy (non-hydrogen) atoms. The second-order valence-corrected chi connectivity index (χ2v) is 20.3. The van der Waals surface area contributed by atoms with Gasteiger partial charge in [-0.25, -0.2) is 0 Å². The van der Waals surface area contributed by atoms with Gasteiger partial charge in [0.2, 0.25) is 5.91 Å². The highest BCUT2D eigenvalue weighted by molar-refractivity contribution is 5.76. The minimum absolute atomic E-state index is 0.0443. The van der Waals surface area contributed by atoms with E-state index in [1.165, 1.54) is 218 Å². The van der Waals surface area contributed by atoms with E-state index in [0.29, 0.717) is 19.4 Å². The van der Waals surface area contributed by atoms with Crippen molar-refractivity contribution in [2.45, 2.75) is 315 Å². The van der Waals surface area contributed by atoms with Gasteiger partial charge >= 0.3 is 5.97 Å². The summed E-state index contributed by atoms with van der Waals surface area (Å²) in [4.78, 5) is 24.5. The summed E-state index contributed by atoms with van der Waals surface area (Å²) in [5.74, 6) is -0.118. The molecule has 0 aromatic carbocycles. The van der Waals surface area contributed by atoms with Crippen LogP contribution in [0.2, 0.25) is 0 Å². The molecule has 0 saturated carbocycles. The molecule has 2 atom stereocenters. The van der Waals surface area contributed by atoms with E-state index >= 15 is 0 Å². The van der Waals surface area contributed by atoms with Crippen molar-refractivity contribution in [1.82, 2.24) is 5.32 Å². The Morgan fingerprint density at radius 1 is 0.406 bits per heavy atom. The molecule has 0 spiro atoms. The number of esters is 1. The Morgan fingerprint density at radius 2 is 0.725 bits per heavy atom. The highest BCUT2D eigenvalue weighted by Gasteiger charge is 2.18. The maximum absolute atomic E-state index is 12.5. The third-order valence-electron chi connectivity index (χ3n) is 13.5. The Labute approximate surface area is 428 Å². The third kappa shape index (κ3) is 54.7. The molecule has 6 heteroatoms. The summed E-state index contributed by atoms with van der Waals surface area (Å²) in [6.45, 7) is 4.76. The zero-order valence-corrected chi connectivity index (χ0v) is 45.8. The van der Waals surface area contributed by atoms with Crippen molar-refractivity contribution in [3.05, 3.63) is 60.8 Å². The number of aliphatic hydroxyl groups excluding tert-OH is 2. The smallest absolute Gasteiger partial charge is 0.305 e. The summed E-state index contributed by atoms with van der Waals surface area (Å²) in [5.41, 5.74) is 0. The van der Waals surface area contributed by atoms with E-state index < -0.39 is 12.1 Å². The molecule has 6 nitrogen and oxygen atoms in total. The van der Waals surface area contributed by atoms with Crippen LogP contribution in [-0.2, 0) is 14.3 Å². The fourth-order valence-corrected chi connectivity index (χ4v) is 8.91. The topological polar surface area (TPSA) is 95.9 Å². The van der Waals surface area contributed by atoms with E-state index in [1.54, 1.807) is 6.08 Å². The van der Waals surface area contributed by atoms with Crippen molar-refractivity contribution in [1.29, 1.82) is 0 Å². The zero-order chi connectivity index (χ0) is 50.0. The summed E-state index contributed by atoms with van der Waals surface area (Å²) in [6, 6.07) is -0.633. The Balaban J connectivity index is 3.48. The number of allylic oxidation sites excluding steroid dienone is 8. The largest absolute Gasteiger partial charge is 0.465 e. The highest BCUT2D eigenvalue weighted by Crippen LogP contribution is 2.16. The van der Waals surface area contributed by atoms with Crippen LogP contribution in [0.1, 0.15) is 303 Å². The summed E-state index contributed by atoms with van der Waals surface area (Å²) in [7, 11) is 0. The average molecular weight is 967 g/mol. The molecule has 0 saturated heterocycles. The lowest BCUT2D eigenvalue weighted by atomic mass is 10.0. The van der Waals surface area contributed by atoms with Crippen LogP contribution in [-0.4, -0.2) is 47.4 Å². The standard InChI is InChI=1S/C63H115NO5/c1-3-5-7-9-11-13-15-17-19-25-29-33-37-41-45-49-53-57-63(68)69-58-54-50-46-42-38-34-30-27-24-22-20-21-23-26-28-32-36-40-44-48-52-56-62(67)64-60(59-65)61(66)55-51-47-43-39-35-31-18-16-14-12-10-8-6-4-2/h11,13,17,19,34,38,46,50-51,55,60-61,65-66H,3-10,12,14-16,18,20-33,35-37,39-45,47-49,52-54,56-59H2,1-2H3,(H,64,67)/b13-11-,19-17-,38-34-,50-46-,55-51+. The molecular weight excluding hydrogens is 851 g/mol. The van der Waals surface area contributed by atoms with E-state index in [-0.39, 0.29) is 18.5 Å². The number of unbranched alkanes of at least 4 members (excludes halogenated alkanes) is 36. The first-order valence-corrected chi connectivity index (χ1v) is 30.1. The first-order chi connectivity index (χ1) is 34.0. The van der Waals surface area contributed by atoms with Crippen molar-refractivity contribution < 1.29 is 24.5 Å². The van der Waals surface area contributed by atoms with Crippen molar-refractivity contribution >= 4 is 11.9 Å². The lowest BCUT2D eigenvalue weighted by molar-refractivity contribution is -0.143. The molecule has 3 N–H and O–H groups in total. The molecule has 0 fully saturated rings. The predicted octanol–water partition coefficient (Wildman–Crippen LogP) is 18.7. The Kier molecular flexibility index (Phi) is 56.1. The predicted molar refractivity (Wildman–Crippen MR) is 301 cm³/mol. The lowest BCUT2D eigenvalue weighted by Crippen LogP contribution is -2.45. The molecule has 0 rings (SSSR count). The fourth-order valence-electron chi connectivity index (χ4n) is 8.91. The van der Waals surface area contributed by atoms with Gasteiger partial charge in [-0.15, -0.1) is 0 Å². The van der Waals surface area contributed by atoms with Crippen LogP contribution in [0.3, 0.4) is 0 Å². The summed E-state index contributed by atoms with van der Waals surface area (Å²) >= 11 is 0. The number of hydrogen-bond acceptors (Lipinski definition) is 5. The summed E-state index contributed by atoms with van der Waals surface area (Å²) < 4.78 is 5.42. The number of carbonyl (C=O) groups is 2. The van der Waals surface area contributed by atoms with Crippen LogP contribution in [0.5, 0.6) is 0 Å². The van der Waals surface area contributed by atoms with Crippen molar-refractivity contribution in [3.63, 3.8) is 0 Å². The van der Waals surface area contributed by atoms with Crippen molar-refractivity contribution in [2.75, 3.05) is 13.2 Å². The van der Waals surface area contributed by atoms with Gasteiger partial charge in [0, 0.05) is 12.8 Å². The van der Waals surface area contributed by atoms with Crippen LogP contribution in [0, 0.1) is 0 Å².